The van der Waals surface area contributed by atoms with Crippen molar-refractivity contribution in [2.24, 2.45) is 0 Å². The zero-order chi connectivity index (χ0) is 35.5. The number of rotatable bonds is 7. The minimum atomic E-state index is -4.88. The van der Waals surface area contributed by atoms with Crippen molar-refractivity contribution in [2.45, 2.75) is 40.5 Å². The molecule has 4 aromatic rings. The minimum Gasteiger partial charge on any atom is -0.508 e. The molecule has 0 unspecified atom stereocenters. The van der Waals surface area contributed by atoms with Crippen molar-refractivity contribution in [1.82, 2.24) is 4.48 Å². The van der Waals surface area contributed by atoms with Crippen LogP contribution in [0.5, 0.6) is 11.5 Å². The molecule has 0 amide bonds. The second kappa shape index (κ2) is 12.3. The summed E-state index contributed by atoms with van der Waals surface area (Å²) in [5.41, 5.74) is -0.357. The molecule has 49 heavy (non-hydrogen) atoms. The number of nitrogens with zero attached hydrogens (tertiary/aromatic N) is 2. The van der Waals surface area contributed by atoms with Crippen LogP contribution in [0.1, 0.15) is 66.4 Å². The van der Waals surface area contributed by atoms with Crippen molar-refractivity contribution in [2.75, 3.05) is 0 Å². The van der Waals surface area contributed by atoms with Gasteiger partial charge in [-0.2, -0.15) is 0 Å². The lowest BCUT2D eigenvalue weighted by atomic mass is 9.83. The first kappa shape index (κ1) is 33.6. The zero-order valence-corrected chi connectivity index (χ0v) is 26.9. The first-order valence-corrected chi connectivity index (χ1v) is 15.6. The highest BCUT2D eigenvalue weighted by Crippen LogP contribution is 2.49. The van der Waals surface area contributed by atoms with E-state index in [4.69, 9.17) is 0 Å². The summed E-state index contributed by atoms with van der Waals surface area (Å²) in [5, 5.41) is 19.4. The van der Waals surface area contributed by atoms with Crippen LogP contribution in [0, 0.1) is 36.0 Å². The van der Waals surface area contributed by atoms with Crippen molar-refractivity contribution in [3.8, 4) is 11.5 Å². The Morgan fingerprint density at radius 2 is 1.18 bits per heavy atom. The van der Waals surface area contributed by atoms with Crippen LogP contribution < -0.4 is 0 Å². The number of fused-ring (bicyclic) bond motifs is 2. The Morgan fingerprint density at radius 3 is 1.67 bits per heavy atom. The smallest absolute Gasteiger partial charge is 0.508 e. The average Bonchev–Trinajstić information content (AvgIpc) is 3.54. The topological polar surface area (TPSA) is 48.4 Å². The van der Waals surface area contributed by atoms with E-state index in [1.54, 1.807) is 38.1 Å². The number of aromatic nitrogens is 1. The number of phenolic OH excluding ortho intramolecular Hbond substituents is 2. The van der Waals surface area contributed by atoms with Gasteiger partial charge in [-0.3, -0.25) is 0 Å². The van der Waals surface area contributed by atoms with E-state index in [-0.39, 0.29) is 58.3 Å². The van der Waals surface area contributed by atoms with E-state index in [1.165, 1.54) is 62.4 Å². The first-order chi connectivity index (χ1) is 23.2. The first-order valence-electron chi connectivity index (χ1n) is 15.6. The van der Waals surface area contributed by atoms with Gasteiger partial charge in [0.1, 0.15) is 11.5 Å². The maximum Gasteiger partial charge on any atom is 0.737 e. The van der Waals surface area contributed by atoms with E-state index in [1.807, 2.05) is 0 Å². The molecule has 2 aliphatic heterocycles. The van der Waals surface area contributed by atoms with Gasteiger partial charge >= 0.3 is 6.97 Å². The van der Waals surface area contributed by atoms with Crippen molar-refractivity contribution in [3.05, 3.63) is 140 Å². The second-order valence-electron chi connectivity index (χ2n) is 11.9. The molecular weight excluding hydrogens is 648 g/mol. The summed E-state index contributed by atoms with van der Waals surface area (Å²) in [4.78, 5) is 0. The van der Waals surface area contributed by atoms with Crippen LogP contribution >= 0.6 is 0 Å². The third-order valence-electron chi connectivity index (χ3n) is 9.15. The summed E-state index contributed by atoms with van der Waals surface area (Å²) in [6.45, 7) is 1.52. The second-order valence-corrected chi connectivity index (χ2v) is 11.9. The van der Waals surface area contributed by atoms with E-state index >= 15 is 17.4 Å². The van der Waals surface area contributed by atoms with Crippen molar-refractivity contribution < 1.29 is 45.3 Å². The van der Waals surface area contributed by atoms with Gasteiger partial charge < -0.3 is 27.8 Å². The third-order valence-corrected chi connectivity index (χ3v) is 9.15. The molecule has 2 N–H and O–H groups in total. The number of benzene rings is 3. The lowest BCUT2D eigenvalue weighted by Crippen LogP contribution is -2.52. The molecular formula is C37H30BF7N2O2. The number of phenols is 2. The SMILES string of the molecule is CCC1=C(C)C2=C(c3c(F)c(F)c(F)c(F)c3F)c3c(C)c(CC)c(/C=C/c4ccc(O)cc4)n3[B-](F)(F)[N+]2=C1/C=C/c1ccc(O)cc1. The predicted molar refractivity (Wildman–Crippen MR) is 177 cm³/mol. The molecule has 0 radical (unpaired) electrons. The number of hydrogen-bond donors (Lipinski definition) is 2. The monoisotopic (exact) mass is 678 g/mol. The third kappa shape index (κ3) is 5.21. The summed E-state index contributed by atoms with van der Waals surface area (Å²) < 4.78 is 112. The number of aromatic hydroxyl groups is 2. The lowest BCUT2D eigenvalue weighted by Gasteiger charge is -2.34. The summed E-state index contributed by atoms with van der Waals surface area (Å²) in [7, 11) is 0. The van der Waals surface area contributed by atoms with Crippen LogP contribution in [0.3, 0.4) is 0 Å². The standard InChI is InChI=1S/C37H30BF7N2O2/c1-5-25-19(3)36-30(29-31(39)33(41)35(43)34(42)32(29)40)37-20(4)26(6-2)28(18-12-22-9-15-24(49)16-10-22)47(37)38(44,45)46(36)27(25)17-11-21-7-13-23(48)14-8-21/h7-18,48-49H,5-6H2,1-4H3/b17-11+,18-12+. The van der Waals surface area contributed by atoms with Crippen LogP contribution in [0.15, 0.2) is 71.5 Å². The Kier molecular flexibility index (Phi) is 8.46. The van der Waals surface area contributed by atoms with Gasteiger partial charge in [-0.1, -0.05) is 44.2 Å². The van der Waals surface area contributed by atoms with E-state index in [9.17, 15) is 23.4 Å². The number of halogens is 7. The molecule has 12 heteroatoms. The Bertz CT molecular complexity index is 2160. The molecule has 6 rings (SSSR count). The number of allylic oxidation sites excluding steroid dienone is 3. The molecule has 0 aliphatic carbocycles. The predicted octanol–water partition coefficient (Wildman–Crippen LogP) is 9.54. The van der Waals surface area contributed by atoms with Gasteiger partial charge in [-0.15, -0.1) is 0 Å². The van der Waals surface area contributed by atoms with Crippen LogP contribution in [0.25, 0.3) is 23.8 Å². The van der Waals surface area contributed by atoms with Crippen molar-refractivity contribution >= 4 is 36.5 Å². The highest BCUT2D eigenvalue weighted by atomic mass is 19.2. The molecule has 0 fully saturated rings. The van der Waals surface area contributed by atoms with Gasteiger partial charge in [0.25, 0.3) is 0 Å². The highest BCUT2D eigenvalue weighted by Gasteiger charge is 2.58. The fourth-order valence-corrected chi connectivity index (χ4v) is 6.89. The Balaban J connectivity index is 1.77. The minimum absolute atomic E-state index is 0.00523. The largest absolute Gasteiger partial charge is 0.737 e. The molecule has 1 aromatic heterocycles. The van der Waals surface area contributed by atoms with Crippen molar-refractivity contribution in [3.63, 3.8) is 0 Å². The average molecular weight is 678 g/mol. The van der Waals surface area contributed by atoms with Gasteiger partial charge in [0.2, 0.25) is 5.82 Å². The molecule has 3 aromatic carbocycles. The molecule has 0 saturated carbocycles. The van der Waals surface area contributed by atoms with Crippen LogP contribution in [-0.4, -0.2) is 31.9 Å². The summed E-state index contributed by atoms with van der Waals surface area (Å²) >= 11 is 0. The molecule has 0 atom stereocenters. The molecule has 0 saturated heterocycles. The van der Waals surface area contributed by atoms with Crippen molar-refractivity contribution in [1.29, 1.82) is 0 Å². The fraction of sp³-hybridized carbons (Fsp3) is 0.162. The number of hydrogen-bond acceptors (Lipinski definition) is 2. The highest BCUT2D eigenvalue weighted by molar-refractivity contribution is 6.59. The summed E-state index contributed by atoms with van der Waals surface area (Å²) in [6, 6.07) is 11.9. The maximum absolute atomic E-state index is 17.5. The summed E-state index contributed by atoms with van der Waals surface area (Å²) in [5.74, 6) is -11.0. The van der Waals surface area contributed by atoms with Crippen LogP contribution in [-0.2, 0) is 6.42 Å². The summed E-state index contributed by atoms with van der Waals surface area (Å²) in [6.07, 6.45) is 6.29. The molecule has 4 nitrogen and oxygen atoms in total. The maximum atomic E-state index is 17.5. The van der Waals surface area contributed by atoms with Gasteiger partial charge in [0.15, 0.2) is 34.7 Å². The Hall–Kier alpha value is -5.26. The zero-order valence-electron chi connectivity index (χ0n) is 26.9. The van der Waals surface area contributed by atoms with Gasteiger partial charge in [-0.05, 0) is 85.4 Å². The quantitative estimate of drug-likeness (QED) is 0.0886. The molecule has 0 spiro atoms. The van der Waals surface area contributed by atoms with Gasteiger partial charge in [0, 0.05) is 28.6 Å². The van der Waals surface area contributed by atoms with E-state index in [2.05, 4.69) is 0 Å². The van der Waals surface area contributed by atoms with E-state index < -0.39 is 47.2 Å². The molecule has 3 heterocycles. The normalized spacial score (nSPS) is 15.7. The van der Waals surface area contributed by atoms with E-state index in [0.717, 1.165) is 0 Å². The fourth-order valence-electron chi connectivity index (χ4n) is 6.89. The van der Waals surface area contributed by atoms with Gasteiger partial charge in [-0.25, -0.2) is 22.0 Å². The molecule has 2 aliphatic rings. The molecule has 0 bridgehead atoms. The Morgan fingerprint density at radius 1 is 0.694 bits per heavy atom. The van der Waals surface area contributed by atoms with Crippen LogP contribution in [0.4, 0.5) is 30.6 Å². The Labute approximate surface area is 277 Å². The lowest BCUT2D eigenvalue weighted by molar-refractivity contribution is -0.362. The molecule has 252 valence electrons. The van der Waals surface area contributed by atoms with Crippen LogP contribution in [0.2, 0.25) is 0 Å². The van der Waals surface area contributed by atoms with E-state index in [0.29, 0.717) is 31.2 Å². The van der Waals surface area contributed by atoms with Gasteiger partial charge in [0.05, 0.1) is 11.1 Å².